The molecule has 0 atom stereocenters. The molecule has 0 bridgehead atoms. The Kier molecular flexibility index (Phi) is 14.1. The van der Waals surface area contributed by atoms with Gasteiger partial charge in [0.1, 0.15) is 0 Å². The minimum absolute atomic E-state index is 0.347. The molecular weight excluding hydrogens is 565 g/mol. The van der Waals surface area contributed by atoms with Crippen LogP contribution in [-0.4, -0.2) is 51.6 Å². The summed E-state index contributed by atoms with van der Waals surface area (Å²) in [6.07, 6.45) is 9.26. The number of nitrogens with zero attached hydrogens (tertiary/aromatic N) is 2. The number of sulfonamides is 2. The summed E-state index contributed by atoms with van der Waals surface area (Å²) in [4.78, 5) is 0.693. The Morgan fingerprint density at radius 1 is 0.452 bits per heavy atom. The maximum Gasteiger partial charge on any atom is 0.243 e. The molecule has 0 saturated carbocycles. The highest BCUT2D eigenvalue weighted by molar-refractivity contribution is 7.89. The monoisotopic (exact) mass is 610 g/mol. The SMILES string of the molecule is Cc1ccc(S(=O)(=O)N2CCCCC#CCCCCN(S(=O)(=O)c3ccc(C)cc3)CCCCC#CCCCC2)cc1. The molecular formula is C34H46N2O4S2. The third-order valence-corrected chi connectivity index (χ3v) is 11.2. The van der Waals surface area contributed by atoms with Gasteiger partial charge in [-0.2, -0.15) is 8.61 Å². The summed E-state index contributed by atoms with van der Waals surface area (Å²) >= 11 is 0. The molecule has 228 valence electrons. The van der Waals surface area contributed by atoms with E-state index in [9.17, 15) is 16.8 Å². The summed E-state index contributed by atoms with van der Waals surface area (Å²) in [5, 5.41) is 0. The largest absolute Gasteiger partial charge is 0.243 e. The van der Waals surface area contributed by atoms with Crippen molar-refractivity contribution < 1.29 is 16.8 Å². The molecule has 0 spiro atoms. The lowest BCUT2D eigenvalue weighted by molar-refractivity contribution is 0.390. The molecule has 0 amide bonds. The first-order valence-corrected chi connectivity index (χ1v) is 18.1. The van der Waals surface area contributed by atoms with Gasteiger partial charge in [-0.15, -0.1) is 23.7 Å². The fourth-order valence-electron chi connectivity index (χ4n) is 4.78. The Bertz CT molecular complexity index is 1300. The quantitative estimate of drug-likeness (QED) is 0.362. The molecule has 1 aliphatic heterocycles. The standard InChI is InChI=1S/C34H46N2O4S2/c1-31-19-23-33(24-20-31)41(37,38)35-27-15-11-7-3-5-9-13-17-29-36(30-18-14-10-6-4-8-12-16-28-35)42(39,40)34-25-21-32(2)22-26-34/h19-26H,7-18,27-30H2,1-2H3. The van der Waals surface area contributed by atoms with Crippen molar-refractivity contribution >= 4 is 20.0 Å². The zero-order valence-corrected chi connectivity index (χ0v) is 26.9. The molecule has 8 heteroatoms. The lowest BCUT2D eigenvalue weighted by Gasteiger charge is -2.22. The van der Waals surface area contributed by atoms with Crippen molar-refractivity contribution in [3.63, 3.8) is 0 Å². The van der Waals surface area contributed by atoms with E-state index in [4.69, 9.17) is 0 Å². The normalized spacial score (nSPS) is 18.3. The van der Waals surface area contributed by atoms with E-state index in [0.717, 1.165) is 88.2 Å². The van der Waals surface area contributed by atoms with Gasteiger partial charge in [0.15, 0.2) is 0 Å². The summed E-state index contributed by atoms with van der Waals surface area (Å²) < 4.78 is 56.7. The van der Waals surface area contributed by atoms with Crippen LogP contribution in [0.4, 0.5) is 0 Å². The highest BCUT2D eigenvalue weighted by atomic mass is 32.2. The molecule has 1 aliphatic rings. The number of rotatable bonds is 4. The first-order valence-electron chi connectivity index (χ1n) is 15.3. The van der Waals surface area contributed by atoms with E-state index >= 15 is 0 Å². The second kappa shape index (κ2) is 17.5. The molecule has 6 nitrogen and oxygen atoms in total. The highest BCUT2D eigenvalue weighted by Gasteiger charge is 2.24. The van der Waals surface area contributed by atoms with Crippen molar-refractivity contribution in [1.29, 1.82) is 0 Å². The molecule has 0 unspecified atom stereocenters. The molecule has 0 fully saturated rings. The van der Waals surface area contributed by atoms with Crippen LogP contribution in [0, 0.1) is 37.5 Å². The van der Waals surface area contributed by atoms with Crippen LogP contribution in [0.2, 0.25) is 0 Å². The minimum Gasteiger partial charge on any atom is -0.207 e. The summed E-state index contributed by atoms with van der Waals surface area (Å²) in [5.41, 5.74) is 2.07. The second-order valence-corrected chi connectivity index (χ2v) is 14.8. The predicted octanol–water partition coefficient (Wildman–Crippen LogP) is 6.69. The van der Waals surface area contributed by atoms with Crippen LogP contribution in [0.3, 0.4) is 0 Å². The molecule has 0 radical (unpaired) electrons. The summed E-state index contributed by atoms with van der Waals surface area (Å²) in [6, 6.07) is 14.2. The molecule has 3 rings (SSSR count). The fourth-order valence-corrected chi connectivity index (χ4v) is 7.82. The Balaban J connectivity index is 1.61. The average molecular weight is 611 g/mol. The Morgan fingerprint density at radius 2 is 0.714 bits per heavy atom. The molecule has 2 aromatic rings. The van der Waals surface area contributed by atoms with Gasteiger partial charge in [0.05, 0.1) is 9.79 Å². The number of hydrogen-bond donors (Lipinski definition) is 0. The molecule has 2 aromatic carbocycles. The summed E-state index contributed by atoms with van der Waals surface area (Å²) in [6.45, 7) is 5.83. The van der Waals surface area contributed by atoms with Crippen LogP contribution in [0.25, 0.3) is 0 Å². The van der Waals surface area contributed by atoms with E-state index in [-0.39, 0.29) is 0 Å². The smallest absolute Gasteiger partial charge is 0.207 e. The highest BCUT2D eigenvalue weighted by Crippen LogP contribution is 2.20. The second-order valence-electron chi connectivity index (χ2n) is 11.0. The number of hydrogen-bond acceptors (Lipinski definition) is 4. The van der Waals surface area contributed by atoms with Crippen LogP contribution in [0.1, 0.15) is 88.2 Å². The lowest BCUT2D eigenvalue weighted by atomic mass is 10.2. The van der Waals surface area contributed by atoms with Crippen LogP contribution in [-0.2, 0) is 20.0 Å². The Morgan fingerprint density at radius 3 is 0.976 bits per heavy atom. The Hall–Kier alpha value is -2.62. The average Bonchev–Trinajstić information content (AvgIpc) is 2.96. The van der Waals surface area contributed by atoms with Gasteiger partial charge >= 0.3 is 0 Å². The zero-order chi connectivity index (χ0) is 30.3. The van der Waals surface area contributed by atoms with Gasteiger partial charge in [-0.1, -0.05) is 35.4 Å². The van der Waals surface area contributed by atoms with Gasteiger partial charge in [0.2, 0.25) is 20.0 Å². The Labute approximate surface area is 255 Å². The molecule has 0 aromatic heterocycles. The van der Waals surface area contributed by atoms with Crippen molar-refractivity contribution in [3.05, 3.63) is 59.7 Å². The molecule has 1 heterocycles. The van der Waals surface area contributed by atoms with E-state index < -0.39 is 20.0 Å². The van der Waals surface area contributed by atoms with Crippen molar-refractivity contribution in [3.8, 4) is 23.7 Å². The van der Waals surface area contributed by atoms with Gasteiger partial charge < -0.3 is 0 Å². The van der Waals surface area contributed by atoms with Gasteiger partial charge in [0, 0.05) is 51.9 Å². The van der Waals surface area contributed by atoms with Crippen LogP contribution in [0.15, 0.2) is 58.3 Å². The summed E-state index contributed by atoms with van der Waals surface area (Å²) in [5.74, 6) is 12.9. The summed E-state index contributed by atoms with van der Waals surface area (Å²) in [7, 11) is -7.09. The van der Waals surface area contributed by atoms with E-state index in [1.54, 1.807) is 32.9 Å². The first kappa shape index (κ1) is 33.9. The van der Waals surface area contributed by atoms with Crippen molar-refractivity contribution in [2.24, 2.45) is 0 Å². The van der Waals surface area contributed by atoms with Crippen molar-refractivity contribution in [1.82, 2.24) is 8.61 Å². The minimum atomic E-state index is -3.54. The number of aryl methyl sites for hydroxylation is 2. The van der Waals surface area contributed by atoms with Gasteiger partial charge in [0.25, 0.3) is 0 Å². The van der Waals surface area contributed by atoms with E-state index in [1.165, 1.54) is 0 Å². The zero-order valence-electron chi connectivity index (χ0n) is 25.3. The van der Waals surface area contributed by atoms with Gasteiger partial charge in [-0.25, -0.2) is 16.8 Å². The maximum atomic E-state index is 13.4. The van der Waals surface area contributed by atoms with E-state index in [1.807, 2.05) is 38.1 Å². The predicted molar refractivity (Wildman–Crippen MR) is 171 cm³/mol. The first-order chi connectivity index (χ1) is 20.2. The molecule has 0 saturated heterocycles. The third kappa shape index (κ3) is 10.9. The van der Waals surface area contributed by atoms with Crippen LogP contribution >= 0.6 is 0 Å². The van der Waals surface area contributed by atoms with Crippen molar-refractivity contribution in [2.45, 2.75) is 101 Å². The van der Waals surface area contributed by atoms with E-state index in [0.29, 0.717) is 36.0 Å². The molecule has 42 heavy (non-hydrogen) atoms. The van der Waals surface area contributed by atoms with Crippen LogP contribution < -0.4 is 0 Å². The maximum absolute atomic E-state index is 13.4. The van der Waals surface area contributed by atoms with E-state index in [2.05, 4.69) is 23.7 Å². The van der Waals surface area contributed by atoms with Crippen LogP contribution in [0.5, 0.6) is 0 Å². The van der Waals surface area contributed by atoms with Crippen molar-refractivity contribution in [2.75, 3.05) is 26.2 Å². The topological polar surface area (TPSA) is 74.8 Å². The molecule has 0 N–H and O–H groups in total. The lowest BCUT2D eigenvalue weighted by Crippen LogP contribution is -2.33. The van der Waals surface area contributed by atoms with Gasteiger partial charge in [-0.3, -0.25) is 0 Å². The molecule has 0 aliphatic carbocycles. The number of benzene rings is 2. The fraction of sp³-hybridized carbons (Fsp3) is 0.529. The van der Waals surface area contributed by atoms with Gasteiger partial charge in [-0.05, 0) is 89.5 Å². The third-order valence-electron chi connectivity index (χ3n) is 7.40.